The van der Waals surface area contributed by atoms with Gasteiger partial charge in [0.15, 0.2) is 6.10 Å². The second-order valence-corrected chi connectivity index (χ2v) is 6.50. The molecule has 1 atom stereocenters. The number of rotatable bonds is 8. The molecule has 0 bridgehead atoms. The van der Waals surface area contributed by atoms with Gasteiger partial charge in [0.2, 0.25) is 5.78 Å². The number of ether oxygens (including phenoxy) is 4. The highest BCUT2D eigenvalue weighted by molar-refractivity contribution is 6.04. The van der Waals surface area contributed by atoms with Gasteiger partial charge in [-0.05, 0) is 44.5 Å². The van der Waals surface area contributed by atoms with Crippen molar-refractivity contribution in [3.05, 3.63) is 52.4 Å². The molecule has 1 unspecified atom stereocenters. The number of H-pyrrole nitrogens is 1. The second-order valence-electron chi connectivity index (χ2n) is 6.50. The number of hydrogen-bond acceptors (Lipinski definition) is 7. The van der Waals surface area contributed by atoms with E-state index < -0.39 is 23.8 Å². The van der Waals surface area contributed by atoms with Crippen LogP contribution in [0.5, 0.6) is 11.5 Å². The summed E-state index contributed by atoms with van der Waals surface area (Å²) >= 11 is 0. The lowest BCUT2D eigenvalue weighted by atomic mass is 10.1. The van der Waals surface area contributed by atoms with Crippen molar-refractivity contribution in [3.8, 4) is 11.5 Å². The molecule has 1 N–H and O–H groups in total. The Morgan fingerprint density at radius 3 is 2.37 bits per heavy atom. The Hall–Kier alpha value is -3.55. The van der Waals surface area contributed by atoms with Gasteiger partial charge in [-0.3, -0.25) is 4.79 Å². The van der Waals surface area contributed by atoms with E-state index in [0.717, 1.165) is 0 Å². The summed E-state index contributed by atoms with van der Waals surface area (Å²) in [5.74, 6) is -0.539. The average Bonchev–Trinajstić information content (AvgIpc) is 3.04. The largest absolute Gasteiger partial charge is 0.497 e. The fourth-order valence-electron chi connectivity index (χ4n) is 2.99. The first-order valence-electron chi connectivity index (χ1n) is 9.15. The summed E-state index contributed by atoms with van der Waals surface area (Å²) in [7, 11) is 4.32. The Labute approximate surface area is 174 Å². The van der Waals surface area contributed by atoms with Crippen LogP contribution in [0.1, 0.15) is 44.6 Å². The Balaban J connectivity index is 2.12. The molecule has 0 aliphatic rings. The number of aromatic amines is 1. The molecule has 2 rings (SSSR count). The van der Waals surface area contributed by atoms with Crippen LogP contribution in [0.3, 0.4) is 0 Å². The molecule has 1 aromatic carbocycles. The van der Waals surface area contributed by atoms with Crippen molar-refractivity contribution in [2.75, 3.05) is 21.3 Å². The van der Waals surface area contributed by atoms with Crippen molar-refractivity contribution in [3.63, 3.8) is 0 Å². The van der Waals surface area contributed by atoms with Crippen molar-refractivity contribution in [2.45, 2.75) is 26.9 Å². The molecule has 0 saturated carbocycles. The molecule has 1 heterocycles. The Bertz CT molecular complexity index is 988. The van der Waals surface area contributed by atoms with Crippen LogP contribution in [0.2, 0.25) is 0 Å². The van der Waals surface area contributed by atoms with Gasteiger partial charge in [-0.1, -0.05) is 0 Å². The van der Waals surface area contributed by atoms with Gasteiger partial charge in [0.25, 0.3) is 0 Å². The van der Waals surface area contributed by atoms with Gasteiger partial charge in [-0.25, -0.2) is 9.59 Å². The summed E-state index contributed by atoms with van der Waals surface area (Å²) in [5, 5.41) is 0. The summed E-state index contributed by atoms with van der Waals surface area (Å²) in [6, 6.07) is 5.15. The lowest BCUT2D eigenvalue weighted by molar-refractivity contribution is -0.140. The molecule has 0 fully saturated rings. The van der Waals surface area contributed by atoms with Crippen molar-refractivity contribution < 1.29 is 33.3 Å². The zero-order valence-electron chi connectivity index (χ0n) is 17.8. The van der Waals surface area contributed by atoms with Gasteiger partial charge < -0.3 is 23.9 Å². The lowest BCUT2D eigenvalue weighted by Gasteiger charge is -2.11. The third kappa shape index (κ3) is 4.89. The van der Waals surface area contributed by atoms with Crippen LogP contribution in [0, 0.1) is 13.8 Å². The SMILES string of the molecule is COC(=O)c1c(C)[nH]c(C(=O)C(C)OC(=O)/C=C/c2ccc(OC)cc2OC)c1C. The molecule has 30 heavy (non-hydrogen) atoms. The van der Waals surface area contributed by atoms with Gasteiger partial charge in [0.05, 0.1) is 32.6 Å². The van der Waals surface area contributed by atoms with Crippen LogP contribution >= 0.6 is 0 Å². The van der Waals surface area contributed by atoms with Gasteiger partial charge in [0.1, 0.15) is 11.5 Å². The average molecular weight is 415 g/mol. The number of Topliss-reactive ketones (excluding diaryl/α,β-unsaturated/α-hetero) is 1. The van der Waals surface area contributed by atoms with Gasteiger partial charge in [-0.2, -0.15) is 0 Å². The minimum Gasteiger partial charge on any atom is -0.497 e. The normalized spacial score (nSPS) is 11.8. The smallest absolute Gasteiger partial charge is 0.339 e. The molecule has 0 saturated heterocycles. The lowest BCUT2D eigenvalue weighted by Crippen LogP contribution is -2.24. The first kappa shape index (κ1) is 22.7. The Morgan fingerprint density at radius 1 is 1.07 bits per heavy atom. The minimum atomic E-state index is -1.05. The van der Waals surface area contributed by atoms with E-state index in [4.69, 9.17) is 18.9 Å². The highest BCUT2D eigenvalue weighted by Crippen LogP contribution is 2.25. The van der Waals surface area contributed by atoms with Crippen LogP contribution in [0.4, 0.5) is 0 Å². The third-order valence-electron chi connectivity index (χ3n) is 4.58. The van der Waals surface area contributed by atoms with Crippen molar-refractivity contribution in [2.24, 2.45) is 0 Å². The molecule has 0 amide bonds. The summed E-state index contributed by atoms with van der Waals surface area (Å²) < 4.78 is 20.4. The van der Waals surface area contributed by atoms with E-state index >= 15 is 0 Å². The van der Waals surface area contributed by atoms with E-state index in [1.165, 1.54) is 33.3 Å². The number of carbonyl (C=O) groups is 3. The molecule has 0 aliphatic carbocycles. The molecular formula is C22H25NO7. The maximum Gasteiger partial charge on any atom is 0.339 e. The number of aromatic nitrogens is 1. The van der Waals surface area contributed by atoms with Crippen molar-refractivity contribution in [1.29, 1.82) is 0 Å². The molecule has 0 spiro atoms. The first-order chi connectivity index (χ1) is 14.2. The van der Waals surface area contributed by atoms with Crippen LogP contribution in [-0.4, -0.2) is 50.1 Å². The number of ketones is 1. The predicted octanol–water partition coefficient (Wildman–Crippen LogP) is 3.26. The Kier molecular flexibility index (Phi) is 7.41. The van der Waals surface area contributed by atoms with E-state index in [9.17, 15) is 14.4 Å². The molecule has 0 radical (unpaired) electrons. The molecule has 1 aromatic heterocycles. The summed E-state index contributed by atoms with van der Waals surface area (Å²) in [5.41, 5.74) is 2.10. The van der Waals surface area contributed by atoms with Crippen LogP contribution < -0.4 is 9.47 Å². The predicted molar refractivity (Wildman–Crippen MR) is 110 cm³/mol. The summed E-state index contributed by atoms with van der Waals surface area (Å²) in [6.45, 7) is 4.76. The fourth-order valence-corrected chi connectivity index (χ4v) is 2.99. The Morgan fingerprint density at radius 2 is 1.77 bits per heavy atom. The molecule has 160 valence electrons. The molecule has 2 aromatic rings. The highest BCUT2D eigenvalue weighted by atomic mass is 16.5. The fraction of sp³-hybridized carbons (Fsp3) is 0.318. The number of hydrogen-bond donors (Lipinski definition) is 1. The summed E-state index contributed by atoms with van der Waals surface area (Å²) in [6.07, 6.45) is 1.68. The number of benzene rings is 1. The monoisotopic (exact) mass is 415 g/mol. The molecule has 0 aliphatic heterocycles. The number of aryl methyl sites for hydroxylation is 1. The van der Waals surface area contributed by atoms with E-state index in [1.54, 1.807) is 39.2 Å². The number of nitrogens with one attached hydrogen (secondary N) is 1. The maximum absolute atomic E-state index is 12.7. The number of carbonyl (C=O) groups excluding carboxylic acids is 3. The second kappa shape index (κ2) is 9.78. The van der Waals surface area contributed by atoms with Crippen molar-refractivity contribution >= 4 is 23.8 Å². The maximum atomic E-state index is 12.7. The zero-order chi connectivity index (χ0) is 22.4. The van der Waals surface area contributed by atoms with Gasteiger partial charge in [0, 0.05) is 23.4 Å². The topological polar surface area (TPSA) is 104 Å². The summed E-state index contributed by atoms with van der Waals surface area (Å²) in [4.78, 5) is 39.7. The molecule has 8 nitrogen and oxygen atoms in total. The van der Waals surface area contributed by atoms with E-state index in [-0.39, 0.29) is 5.69 Å². The van der Waals surface area contributed by atoms with E-state index in [0.29, 0.717) is 33.9 Å². The van der Waals surface area contributed by atoms with Gasteiger partial charge >= 0.3 is 11.9 Å². The molecular weight excluding hydrogens is 390 g/mol. The van der Waals surface area contributed by atoms with E-state index in [1.807, 2.05) is 0 Å². The first-order valence-corrected chi connectivity index (χ1v) is 9.15. The number of esters is 2. The third-order valence-corrected chi connectivity index (χ3v) is 4.58. The van der Waals surface area contributed by atoms with Crippen LogP contribution in [0.15, 0.2) is 24.3 Å². The van der Waals surface area contributed by atoms with Crippen LogP contribution in [-0.2, 0) is 14.3 Å². The van der Waals surface area contributed by atoms with E-state index in [2.05, 4.69) is 4.98 Å². The number of methoxy groups -OCH3 is 3. The van der Waals surface area contributed by atoms with Crippen LogP contribution in [0.25, 0.3) is 6.08 Å². The van der Waals surface area contributed by atoms with Gasteiger partial charge in [-0.15, -0.1) is 0 Å². The minimum absolute atomic E-state index is 0.203. The zero-order valence-corrected chi connectivity index (χ0v) is 17.8. The highest BCUT2D eigenvalue weighted by Gasteiger charge is 2.27. The van der Waals surface area contributed by atoms with Crippen molar-refractivity contribution in [1.82, 2.24) is 4.98 Å². The standard InChI is InChI=1S/C22H25NO7/c1-12-19(22(26)29-6)13(2)23-20(12)21(25)14(3)30-18(24)10-8-15-7-9-16(27-4)11-17(15)28-5/h7-11,14,23H,1-6H3/b10-8+. The molecule has 8 heteroatoms. The quantitative estimate of drug-likeness (QED) is 0.401.